The lowest BCUT2D eigenvalue weighted by atomic mass is 10.5. The second-order valence-electron chi connectivity index (χ2n) is 2.81. The largest absolute Gasteiger partial charge is 0.316 e. The van der Waals surface area contributed by atoms with Crippen LogP contribution in [0.4, 0.5) is 0 Å². The first-order chi connectivity index (χ1) is 6.41. The van der Waals surface area contributed by atoms with E-state index in [4.69, 9.17) is 5.84 Å². The highest BCUT2D eigenvalue weighted by molar-refractivity contribution is 4.54. The molecule has 0 spiro atoms. The topological polar surface area (TPSA) is 74.1 Å². The minimum absolute atomic E-state index is 0.817. The third kappa shape index (κ3) is 11.8. The van der Waals surface area contributed by atoms with E-state index < -0.39 is 0 Å². The molecule has 0 bridgehead atoms. The number of hydrazine groups is 1. The fraction of sp³-hybridized carbons (Fsp3) is 1.00. The molecule has 5 heteroatoms. The van der Waals surface area contributed by atoms with Gasteiger partial charge in [0.25, 0.3) is 0 Å². The molecule has 13 heavy (non-hydrogen) atoms. The Morgan fingerprint density at radius 2 is 1.23 bits per heavy atom. The van der Waals surface area contributed by atoms with Crippen molar-refractivity contribution in [2.75, 3.05) is 45.8 Å². The summed E-state index contributed by atoms with van der Waals surface area (Å²) >= 11 is 0. The van der Waals surface area contributed by atoms with Crippen LogP contribution in [0.2, 0.25) is 0 Å². The molecule has 0 aromatic rings. The molecule has 0 aromatic carbocycles. The van der Waals surface area contributed by atoms with Crippen molar-refractivity contribution in [3.05, 3.63) is 0 Å². The van der Waals surface area contributed by atoms with Crippen LogP contribution in [0.15, 0.2) is 0 Å². The van der Waals surface area contributed by atoms with Gasteiger partial charge in [-0.2, -0.15) is 0 Å². The van der Waals surface area contributed by atoms with Crippen LogP contribution in [0, 0.1) is 0 Å². The maximum atomic E-state index is 5.11. The summed E-state index contributed by atoms with van der Waals surface area (Å²) in [6, 6.07) is 0. The number of likely N-dealkylation sites (N-methyl/N-ethyl adjacent to an activating group) is 1. The van der Waals surface area contributed by atoms with Gasteiger partial charge in [-0.25, -0.2) is 0 Å². The zero-order chi connectivity index (χ0) is 9.78. The zero-order valence-electron chi connectivity index (χ0n) is 8.53. The lowest BCUT2D eigenvalue weighted by Crippen LogP contribution is -2.36. The maximum absolute atomic E-state index is 5.11. The summed E-state index contributed by atoms with van der Waals surface area (Å²) in [6.45, 7) is 8.97. The fourth-order valence-corrected chi connectivity index (χ4v) is 0.941. The van der Waals surface area contributed by atoms with Gasteiger partial charge in [-0.1, -0.05) is 6.92 Å². The maximum Gasteiger partial charge on any atom is 0.0223 e. The van der Waals surface area contributed by atoms with Crippen LogP contribution in [0.5, 0.6) is 0 Å². The van der Waals surface area contributed by atoms with Gasteiger partial charge in [0.05, 0.1) is 0 Å². The van der Waals surface area contributed by atoms with E-state index in [0.717, 1.165) is 45.8 Å². The molecule has 5 nitrogen and oxygen atoms in total. The molecule has 6 N–H and O–H groups in total. The zero-order valence-corrected chi connectivity index (χ0v) is 8.53. The van der Waals surface area contributed by atoms with E-state index in [-0.39, 0.29) is 0 Å². The van der Waals surface area contributed by atoms with Crippen molar-refractivity contribution < 1.29 is 0 Å². The SMILES string of the molecule is CCNCCNCCNCCNN. The van der Waals surface area contributed by atoms with Gasteiger partial charge in [-0.3, -0.25) is 11.3 Å². The van der Waals surface area contributed by atoms with Crippen LogP contribution in [0.25, 0.3) is 0 Å². The van der Waals surface area contributed by atoms with Crippen LogP contribution < -0.4 is 27.2 Å². The van der Waals surface area contributed by atoms with Crippen molar-refractivity contribution in [2.24, 2.45) is 5.84 Å². The van der Waals surface area contributed by atoms with Gasteiger partial charge in [0.1, 0.15) is 0 Å². The molecule has 0 rings (SSSR count). The second kappa shape index (κ2) is 11.8. The number of nitrogens with one attached hydrogen (secondary N) is 4. The Kier molecular flexibility index (Phi) is 11.6. The van der Waals surface area contributed by atoms with Gasteiger partial charge in [-0.15, -0.1) is 0 Å². The molecule has 0 amide bonds. The Bertz CT molecular complexity index is 78.6. The minimum Gasteiger partial charge on any atom is -0.316 e. The first-order valence-electron chi connectivity index (χ1n) is 4.97. The summed E-state index contributed by atoms with van der Waals surface area (Å²) in [5.74, 6) is 5.11. The number of hydrogen-bond donors (Lipinski definition) is 5. The summed E-state index contributed by atoms with van der Waals surface area (Å²) in [7, 11) is 0. The van der Waals surface area contributed by atoms with E-state index in [1.54, 1.807) is 0 Å². The lowest BCUT2D eigenvalue weighted by Gasteiger charge is -2.06. The van der Waals surface area contributed by atoms with Crippen LogP contribution in [0.3, 0.4) is 0 Å². The van der Waals surface area contributed by atoms with E-state index in [0.29, 0.717) is 0 Å². The third-order valence-corrected chi connectivity index (χ3v) is 1.65. The Morgan fingerprint density at radius 1 is 0.769 bits per heavy atom. The predicted octanol–water partition coefficient (Wildman–Crippen LogP) is -1.76. The average molecular weight is 189 g/mol. The molecule has 0 aliphatic rings. The summed E-state index contributed by atoms with van der Waals surface area (Å²) in [4.78, 5) is 0. The van der Waals surface area contributed by atoms with E-state index >= 15 is 0 Å². The van der Waals surface area contributed by atoms with Crippen molar-refractivity contribution in [2.45, 2.75) is 6.92 Å². The van der Waals surface area contributed by atoms with E-state index in [2.05, 4.69) is 28.3 Å². The van der Waals surface area contributed by atoms with Gasteiger partial charge in [0, 0.05) is 39.3 Å². The molecule has 0 aliphatic carbocycles. The van der Waals surface area contributed by atoms with Crippen LogP contribution in [0.1, 0.15) is 6.92 Å². The molecule has 0 unspecified atom stereocenters. The molecular formula is C8H23N5. The molecular weight excluding hydrogens is 166 g/mol. The molecule has 0 aromatic heterocycles. The van der Waals surface area contributed by atoms with Gasteiger partial charge in [0.15, 0.2) is 0 Å². The summed E-state index contributed by atoms with van der Waals surface area (Å²) in [5, 5.41) is 9.82. The lowest BCUT2D eigenvalue weighted by molar-refractivity contribution is 0.575. The fourth-order valence-electron chi connectivity index (χ4n) is 0.941. The highest BCUT2D eigenvalue weighted by Gasteiger charge is 1.87. The van der Waals surface area contributed by atoms with Gasteiger partial charge in [-0.05, 0) is 6.54 Å². The number of rotatable bonds is 10. The van der Waals surface area contributed by atoms with Crippen LogP contribution >= 0.6 is 0 Å². The summed E-state index contributed by atoms with van der Waals surface area (Å²) in [5.41, 5.74) is 2.59. The van der Waals surface area contributed by atoms with Crippen LogP contribution in [-0.4, -0.2) is 45.8 Å². The van der Waals surface area contributed by atoms with E-state index in [9.17, 15) is 0 Å². The molecule has 0 heterocycles. The molecule has 0 atom stereocenters. The van der Waals surface area contributed by atoms with Crippen molar-refractivity contribution in [1.29, 1.82) is 0 Å². The molecule has 0 saturated carbocycles. The minimum atomic E-state index is 0.817. The van der Waals surface area contributed by atoms with Gasteiger partial charge < -0.3 is 16.0 Å². The Labute approximate surface area is 80.8 Å². The molecule has 0 fully saturated rings. The van der Waals surface area contributed by atoms with E-state index in [1.165, 1.54) is 0 Å². The van der Waals surface area contributed by atoms with Gasteiger partial charge >= 0.3 is 0 Å². The standard InChI is InChI=1S/C8H23N5/c1-2-10-3-4-11-5-6-12-7-8-13-9/h10-13H,2-9H2,1H3. The van der Waals surface area contributed by atoms with E-state index in [1.807, 2.05) is 0 Å². The third-order valence-electron chi connectivity index (χ3n) is 1.65. The molecule has 0 saturated heterocycles. The Balaban J connectivity index is 2.76. The monoisotopic (exact) mass is 189 g/mol. The Morgan fingerprint density at radius 3 is 1.69 bits per heavy atom. The molecule has 0 aliphatic heterocycles. The average Bonchev–Trinajstić information content (AvgIpc) is 2.16. The van der Waals surface area contributed by atoms with Crippen molar-refractivity contribution in [3.63, 3.8) is 0 Å². The first kappa shape index (κ1) is 12.8. The first-order valence-corrected chi connectivity index (χ1v) is 4.97. The van der Waals surface area contributed by atoms with Crippen LogP contribution in [-0.2, 0) is 0 Å². The highest BCUT2D eigenvalue weighted by Crippen LogP contribution is 1.61. The number of hydrogen-bond acceptors (Lipinski definition) is 5. The molecule has 0 radical (unpaired) electrons. The van der Waals surface area contributed by atoms with Crippen molar-refractivity contribution >= 4 is 0 Å². The summed E-state index contributed by atoms with van der Waals surface area (Å²) < 4.78 is 0. The molecule has 80 valence electrons. The number of nitrogens with two attached hydrogens (primary N) is 1. The smallest absolute Gasteiger partial charge is 0.0223 e. The normalized spacial score (nSPS) is 10.6. The quantitative estimate of drug-likeness (QED) is 0.160. The predicted molar refractivity (Wildman–Crippen MR) is 56.5 cm³/mol. The van der Waals surface area contributed by atoms with Crippen molar-refractivity contribution in [1.82, 2.24) is 21.4 Å². The van der Waals surface area contributed by atoms with Crippen molar-refractivity contribution in [3.8, 4) is 0 Å². The Hall–Kier alpha value is -0.200. The second-order valence-corrected chi connectivity index (χ2v) is 2.81. The van der Waals surface area contributed by atoms with Gasteiger partial charge in [0.2, 0.25) is 0 Å². The highest BCUT2D eigenvalue weighted by atomic mass is 15.2. The summed E-state index contributed by atoms with van der Waals surface area (Å²) in [6.07, 6.45) is 0.